The standard InChI is InChI=1S/C13H25F3/c1-7-11(4,5)10(14)13(15,16)12(6,8-2)9-3/h10H,7-9H2,1-6H3. The number of hydrogen-bond donors (Lipinski definition) is 0. The van der Waals surface area contributed by atoms with E-state index in [2.05, 4.69) is 0 Å². The van der Waals surface area contributed by atoms with Gasteiger partial charge in [-0.15, -0.1) is 0 Å². The lowest BCUT2D eigenvalue weighted by atomic mass is 9.70. The van der Waals surface area contributed by atoms with Gasteiger partial charge < -0.3 is 0 Å². The molecule has 0 spiro atoms. The second kappa shape index (κ2) is 4.97. The van der Waals surface area contributed by atoms with E-state index in [1.165, 1.54) is 6.92 Å². The molecule has 0 N–H and O–H groups in total. The Morgan fingerprint density at radius 1 is 0.875 bits per heavy atom. The van der Waals surface area contributed by atoms with Gasteiger partial charge in [-0.2, -0.15) is 0 Å². The van der Waals surface area contributed by atoms with Crippen LogP contribution in [0.4, 0.5) is 13.2 Å². The summed E-state index contributed by atoms with van der Waals surface area (Å²) in [6.07, 6.45) is -1.10. The highest BCUT2D eigenvalue weighted by molar-refractivity contribution is 4.98. The first-order valence-corrected chi connectivity index (χ1v) is 6.11. The van der Waals surface area contributed by atoms with Gasteiger partial charge in [-0.25, -0.2) is 13.2 Å². The van der Waals surface area contributed by atoms with Crippen molar-refractivity contribution in [2.24, 2.45) is 10.8 Å². The lowest BCUT2D eigenvalue weighted by molar-refractivity contribution is -0.194. The molecule has 0 aliphatic heterocycles. The van der Waals surface area contributed by atoms with Crippen LogP contribution in [0.15, 0.2) is 0 Å². The molecule has 0 heterocycles. The molecule has 1 unspecified atom stereocenters. The van der Waals surface area contributed by atoms with E-state index in [9.17, 15) is 13.2 Å². The van der Waals surface area contributed by atoms with Crippen molar-refractivity contribution in [2.75, 3.05) is 0 Å². The lowest BCUT2D eigenvalue weighted by Crippen LogP contribution is -2.51. The Morgan fingerprint density at radius 3 is 1.50 bits per heavy atom. The zero-order valence-electron chi connectivity index (χ0n) is 11.3. The fourth-order valence-corrected chi connectivity index (χ4v) is 1.70. The summed E-state index contributed by atoms with van der Waals surface area (Å²) in [4.78, 5) is 0. The molecule has 0 radical (unpaired) electrons. The Labute approximate surface area is 97.6 Å². The SMILES string of the molecule is CCC(C)(C)C(F)C(F)(F)C(C)(CC)CC. The minimum absolute atomic E-state index is 0.288. The van der Waals surface area contributed by atoms with Crippen LogP contribution in [0.2, 0.25) is 0 Å². The minimum Gasteiger partial charge on any atom is -0.240 e. The summed E-state index contributed by atoms with van der Waals surface area (Å²) >= 11 is 0. The Hall–Kier alpha value is -0.210. The molecule has 0 fully saturated rings. The van der Waals surface area contributed by atoms with E-state index in [4.69, 9.17) is 0 Å². The molecular formula is C13H25F3. The van der Waals surface area contributed by atoms with E-state index in [0.717, 1.165) is 0 Å². The molecule has 3 heteroatoms. The van der Waals surface area contributed by atoms with Gasteiger partial charge in [0.05, 0.1) is 0 Å². The third-order valence-electron chi connectivity index (χ3n) is 4.28. The zero-order chi connectivity index (χ0) is 13.2. The molecule has 1 atom stereocenters. The topological polar surface area (TPSA) is 0 Å². The van der Waals surface area contributed by atoms with Crippen molar-refractivity contribution >= 4 is 0 Å². The molecule has 0 aromatic carbocycles. The molecule has 0 bridgehead atoms. The summed E-state index contributed by atoms with van der Waals surface area (Å²) in [5.74, 6) is -3.27. The summed E-state index contributed by atoms with van der Waals surface area (Å²) < 4.78 is 42.4. The Bertz CT molecular complexity index is 217. The highest BCUT2D eigenvalue weighted by atomic mass is 19.3. The molecule has 0 saturated heterocycles. The fraction of sp³-hybridized carbons (Fsp3) is 1.00. The van der Waals surface area contributed by atoms with Gasteiger partial charge in [0.15, 0.2) is 6.17 Å². The second-order valence-electron chi connectivity index (χ2n) is 5.60. The van der Waals surface area contributed by atoms with Crippen LogP contribution in [0.5, 0.6) is 0 Å². The molecule has 0 rings (SSSR count). The van der Waals surface area contributed by atoms with Crippen LogP contribution < -0.4 is 0 Å². The molecule has 0 aromatic rings. The summed E-state index contributed by atoms with van der Waals surface area (Å²) in [6.45, 7) is 9.75. The average molecular weight is 238 g/mol. The predicted octanol–water partition coefficient (Wildman–Crippen LogP) is 5.22. The second-order valence-corrected chi connectivity index (χ2v) is 5.60. The monoisotopic (exact) mass is 238 g/mol. The minimum atomic E-state index is -3.27. The Morgan fingerprint density at radius 2 is 1.25 bits per heavy atom. The fourth-order valence-electron chi connectivity index (χ4n) is 1.70. The third-order valence-corrected chi connectivity index (χ3v) is 4.28. The molecule has 0 saturated carbocycles. The van der Waals surface area contributed by atoms with E-state index in [-0.39, 0.29) is 12.8 Å². The third kappa shape index (κ3) is 2.54. The van der Waals surface area contributed by atoms with Gasteiger partial charge in [-0.05, 0) is 19.3 Å². The molecule has 0 nitrogen and oxygen atoms in total. The maximum atomic E-state index is 14.2. The van der Waals surface area contributed by atoms with Crippen molar-refractivity contribution in [3.8, 4) is 0 Å². The molecular weight excluding hydrogens is 213 g/mol. The summed E-state index contributed by atoms with van der Waals surface area (Å²) in [5.41, 5.74) is -2.23. The molecule has 98 valence electrons. The quantitative estimate of drug-likeness (QED) is 0.595. The van der Waals surface area contributed by atoms with Crippen LogP contribution in [0.3, 0.4) is 0 Å². The largest absolute Gasteiger partial charge is 0.284 e. The molecule has 0 aliphatic rings. The van der Waals surface area contributed by atoms with Crippen molar-refractivity contribution in [2.45, 2.75) is 72.9 Å². The summed E-state index contributed by atoms with van der Waals surface area (Å²) in [5, 5.41) is 0. The smallest absolute Gasteiger partial charge is 0.240 e. The van der Waals surface area contributed by atoms with E-state index in [0.29, 0.717) is 6.42 Å². The normalized spacial score (nSPS) is 16.3. The molecule has 0 aromatic heterocycles. The average Bonchev–Trinajstić information content (AvgIpc) is 2.26. The van der Waals surface area contributed by atoms with Crippen LogP contribution in [0.25, 0.3) is 0 Å². The molecule has 16 heavy (non-hydrogen) atoms. The van der Waals surface area contributed by atoms with Crippen molar-refractivity contribution in [3.05, 3.63) is 0 Å². The van der Waals surface area contributed by atoms with Crippen LogP contribution in [0.1, 0.15) is 60.8 Å². The predicted molar refractivity (Wildman–Crippen MR) is 62.6 cm³/mol. The van der Waals surface area contributed by atoms with Crippen LogP contribution in [-0.4, -0.2) is 12.1 Å². The van der Waals surface area contributed by atoms with E-state index in [1.807, 2.05) is 0 Å². The number of rotatable bonds is 6. The maximum Gasteiger partial charge on any atom is 0.284 e. The summed E-state index contributed by atoms with van der Waals surface area (Å²) in [7, 11) is 0. The first-order chi connectivity index (χ1) is 7.09. The first kappa shape index (κ1) is 15.8. The number of alkyl halides is 3. The van der Waals surface area contributed by atoms with E-state index < -0.39 is 22.9 Å². The van der Waals surface area contributed by atoms with Crippen LogP contribution in [0, 0.1) is 10.8 Å². The zero-order valence-corrected chi connectivity index (χ0v) is 11.3. The van der Waals surface area contributed by atoms with Gasteiger partial charge in [-0.3, -0.25) is 0 Å². The van der Waals surface area contributed by atoms with Crippen molar-refractivity contribution in [3.63, 3.8) is 0 Å². The van der Waals surface area contributed by atoms with Gasteiger partial charge in [0.25, 0.3) is 5.92 Å². The first-order valence-electron chi connectivity index (χ1n) is 6.11. The van der Waals surface area contributed by atoms with Gasteiger partial charge in [-0.1, -0.05) is 41.5 Å². The van der Waals surface area contributed by atoms with Gasteiger partial charge in [0.2, 0.25) is 0 Å². The van der Waals surface area contributed by atoms with E-state index >= 15 is 0 Å². The van der Waals surface area contributed by atoms with Crippen molar-refractivity contribution in [1.29, 1.82) is 0 Å². The number of hydrogen-bond acceptors (Lipinski definition) is 0. The summed E-state index contributed by atoms with van der Waals surface area (Å²) in [6, 6.07) is 0. The highest BCUT2D eigenvalue weighted by Gasteiger charge is 2.58. The lowest BCUT2D eigenvalue weighted by Gasteiger charge is -2.43. The highest BCUT2D eigenvalue weighted by Crippen LogP contribution is 2.50. The van der Waals surface area contributed by atoms with Crippen molar-refractivity contribution in [1.82, 2.24) is 0 Å². The van der Waals surface area contributed by atoms with Gasteiger partial charge >= 0.3 is 0 Å². The van der Waals surface area contributed by atoms with E-state index in [1.54, 1.807) is 34.6 Å². The molecule has 0 amide bonds. The number of halogens is 3. The Kier molecular flexibility index (Phi) is 4.90. The maximum absolute atomic E-state index is 14.2. The van der Waals surface area contributed by atoms with Crippen molar-refractivity contribution < 1.29 is 13.2 Å². The van der Waals surface area contributed by atoms with Gasteiger partial charge in [0.1, 0.15) is 0 Å². The van der Waals surface area contributed by atoms with Gasteiger partial charge in [0, 0.05) is 10.8 Å². The Balaban J connectivity index is 5.19. The van der Waals surface area contributed by atoms with Crippen LogP contribution in [-0.2, 0) is 0 Å². The van der Waals surface area contributed by atoms with Crippen LogP contribution >= 0.6 is 0 Å². The molecule has 0 aliphatic carbocycles.